The van der Waals surface area contributed by atoms with Crippen molar-refractivity contribution in [2.75, 3.05) is 18.5 Å². The lowest BCUT2D eigenvalue weighted by Gasteiger charge is -2.16. The fourth-order valence-corrected chi connectivity index (χ4v) is 2.41. The summed E-state index contributed by atoms with van der Waals surface area (Å²) in [5, 5.41) is 2.95. The van der Waals surface area contributed by atoms with Gasteiger partial charge in [-0.15, -0.1) is 0 Å². The minimum atomic E-state index is -0.0567. The molecule has 0 spiro atoms. The average Bonchev–Trinajstić information content (AvgIpc) is 2.94. The quantitative estimate of drug-likeness (QED) is 0.824. The average molecular weight is 272 g/mol. The van der Waals surface area contributed by atoms with Gasteiger partial charge in [0.25, 0.3) is 0 Å². The Hall–Kier alpha value is -1.83. The minimum absolute atomic E-state index is 0.0262. The van der Waals surface area contributed by atoms with E-state index in [2.05, 4.69) is 17.2 Å². The number of nitrogens with one attached hydrogen (secondary N) is 1. The fourth-order valence-electron chi connectivity index (χ4n) is 2.41. The SMILES string of the molecule is CCC1OCCC1C(=O)Nc1cccc(C#CCN)c1. The summed E-state index contributed by atoms with van der Waals surface area (Å²) in [5.74, 6) is 5.73. The van der Waals surface area contributed by atoms with E-state index in [1.165, 1.54) is 0 Å². The van der Waals surface area contributed by atoms with E-state index in [4.69, 9.17) is 10.5 Å². The molecule has 106 valence electrons. The number of benzene rings is 1. The number of carbonyl (C=O) groups is 1. The maximum Gasteiger partial charge on any atom is 0.230 e. The second-order valence-corrected chi connectivity index (χ2v) is 4.79. The van der Waals surface area contributed by atoms with Crippen LogP contribution in [0.4, 0.5) is 5.69 Å². The standard InChI is InChI=1S/C16H20N2O2/c1-2-15-14(8-10-20-15)16(19)18-13-7-3-5-12(11-13)6-4-9-17/h3,5,7,11,14-15H,2,8-10,17H2,1H3,(H,18,19). The molecule has 2 atom stereocenters. The highest BCUT2D eigenvalue weighted by Crippen LogP contribution is 2.25. The third-order valence-electron chi connectivity index (χ3n) is 3.41. The van der Waals surface area contributed by atoms with Crippen molar-refractivity contribution < 1.29 is 9.53 Å². The largest absolute Gasteiger partial charge is 0.377 e. The molecule has 0 bridgehead atoms. The van der Waals surface area contributed by atoms with Crippen molar-refractivity contribution in [2.24, 2.45) is 11.7 Å². The lowest BCUT2D eigenvalue weighted by Crippen LogP contribution is -2.29. The van der Waals surface area contributed by atoms with Crippen LogP contribution in [0, 0.1) is 17.8 Å². The minimum Gasteiger partial charge on any atom is -0.377 e. The number of anilines is 1. The van der Waals surface area contributed by atoms with Gasteiger partial charge in [-0.1, -0.05) is 24.8 Å². The van der Waals surface area contributed by atoms with Crippen LogP contribution in [0.1, 0.15) is 25.3 Å². The highest BCUT2D eigenvalue weighted by molar-refractivity contribution is 5.93. The summed E-state index contributed by atoms with van der Waals surface area (Å²) >= 11 is 0. The van der Waals surface area contributed by atoms with E-state index in [1.807, 2.05) is 31.2 Å². The maximum atomic E-state index is 12.3. The van der Waals surface area contributed by atoms with Gasteiger partial charge in [0.2, 0.25) is 5.91 Å². The van der Waals surface area contributed by atoms with Crippen molar-refractivity contribution >= 4 is 11.6 Å². The predicted molar refractivity (Wildman–Crippen MR) is 79.1 cm³/mol. The van der Waals surface area contributed by atoms with Crippen molar-refractivity contribution in [3.05, 3.63) is 29.8 Å². The van der Waals surface area contributed by atoms with E-state index in [0.29, 0.717) is 13.2 Å². The summed E-state index contributed by atoms with van der Waals surface area (Å²) < 4.78 is 5.55. The molecule has 1 amide bonds. The highest BCUT2D eigenvalue weighted by atomic mass is 16.5. The molecule has 20 heavy (non-hydrogen) atoms. The Bertz CT molecular complexity index is 531. The monoisotopic (exact) mass is 272 g/mol. The first-order valence-corrected chi connectivity index (χ1v) is 6.96. The van der Waals surface area contributed by atoms with Crippen molar-refractivity contribution in [1.82, 2.24) is 0 Å². The molecule has 0 aromatic heterocycles. The van der Waals surface area contributed by atoms with Gasteiger partial charge in [0, 0.05) is 17.9 Å². The molecule has 1 heterocycles. The molecular weight excluding hydrogens is 252 g/mol. The van der Waals surface area contributed by atoms with Crippen LogP contribution in [0.25, 0.3) is 0 Å². The van der Waals surface area contributed by atoms with E-state index < -0.39 is 0 Å². The van der Waals surface area contributed by atoms with E-state index >= 15 is 0 Å². The smallest absolute Gasteiger partial charge is 0.230 e. The van der Waals surface area contributed by atoms with Crippen molar-refractivity contribution in [3.8, 4) is 11.8 Å². The molecule has 1 fully saturated rings. The number of nitrogens with two attached hydrogens (primary N) is 1. The summed E-state index contributed by atoms with van der Waals surface area (Å²) in [6.45, 7) is 3.03. The van der Waals surface area contributed by atoms with Crippen molar-refractivity contribution in [1.29, 1.82) is 0 Å². The molecule has 3 N–H and O–H groups in total. The Morgan fingerprint density at radius 2 is 2.40 bits per heavy atom. The first kappa shape index (κ1) is 14.6. The third kappa shape index (κ3) is 3.60. The zero-order chi connectivity index (χ0) is 14.4. The molecule has 1 aromatic carbocycles. The Morgan fingerprint density at radius 1 is 1.55 bits per heavy atom. The lowest BCUT2D eigenvalue weighted by molar-refractivity contribution is -0.121. The Balaban J connectivity index is 2.04. The van der Waals surface area contributed by atoms with Crippen LogP contribution >= 0.6 is 0 Å². The molecule has 2 unspecified atom stereocenters. The van der Waals surface area contributed by atoms with Gasteiger partial charge in [0.1, 0.15) is 0 Å². The molecule has 2 rings (SSSR count). The Kier molecular flexibility index (Phi) is 5.16. The van der Waals surface area contributed by atoms with Gasteiger partial charge in [0.15, 0.2) is 0 Å². The summed E-state index contributed by atoms with van der Waals surface area (Å²) in [6.07, 6.45) is 1.69. The molecule has 1 aromatic rings. The molecule has 4 nitrogen and oxygen atoms in total. The van der Waals surface area contributed by atoms with E-state index in [1.54, 1.807) is 0 Å². The third-order valence-corrected chi connectivity index (χ3v) is 3.41. The number of ether oxygens (including phenoxy) is 1. The normalized spacial score (nSPS) is 21.1. The second-order valence-electron chi connectivity index (χ2n) is 4.79. The highest BCUT2D eigenvalue weighted by Gasteiger charge is 2.32. The van der Waals surface area contributed by atoms with Crippen LogP contribution in [0.5, 0.6) is 0 Å². The second kappa shape index (κ2) is 7.09. The van der Waals surface area contributed by atoms with Crippen molar-refractivity contribution in [2.45, 2.75) is 25.9 Å². The number of hydrogen-bond acceptors (Lipinski definition) is 3. The van der Waals surface area contributed by atoms with Crippen LogP contribution in [0.3, 0.4) is 0 Å². The number of carbonyl (C=O) groups excluding carboxylic acids is 1. The lowest BCUT2D eigenvalue weighted by atomic mass is 9.98. The molecular formula is C16H20N2O2. The molecule has 0 saturated carbocycles. The number of hydrogen-bond donors (Lipinski definition) is 2. The topological polar surface area (TPSA) is 64.3 Å². The van der Waals surface area contributed by atoms with Gasteiger partial charge in [-0.3, -0.25) is 4.79 Å². The van der Waals surface area contributed by atoms with Gasteiger partial charge in [-0.2, -0.15) is 0 Å². The van der Waals surface area contributed by atoms with Crippen LogP contribution < -0.4 is 11.1 Å². The van der Waals surface area contributed by atoms with Crippen LogP contribution in [0.2, 0.25) is 0 Å². The Morgan fingerprint density at radius 3 is 3.15 bits per heavy atom. The number of amides is 1. The van der Waals surface area contributed by atoms with Gasteiger partial charge < -0.3 is 15.8 Å². The molecule has 0 radical (unpaired) electrons. The van der Waals surface area contributed by atoms with Gasteiger partial charge in [-0.25, -0.2) is 0 Å². The molecule has 1 saturated heterocycles. The van der Waals surface area contributed by atoms with E-state index in [0.717, 1.165) is 24.1 Å². The first-order valence-electron chi connectivity index (χ1n) is 6.96. The van der Waals surface area contributed by atoms with Gasteiger partial charge >= 0.3 is 0 Å². The molecule has 4 heteroatoms. The van der Waals surface area contributed by atoms with E-state index in [-0.39, 0.29) is 17.9 Å². The van der Waals surface area contributed by atoms with Crippen molar-refractivity contribution in [3.63, 3.8) is 0 Å². The summed E-state index contributed by atoms with van der Waals surface area (Å²) in [7, 11) is 0. The summed E-state index contributed by atoms with van der Waals surface area (Å²) in [6, 6.07) is 7.49. The molecule has 1 aliphatic rings. The predicted octanol–water partition coefficient (Wildman–Crippen LogP) is 1.75. The van der Waals surface area contributed by atoms with E-state index in [9.17, 15) is 4.79 Å². The fraction of sp³-hybridized carbons (Fsp3) is 0.438. The zero-order valence-electron chi connectivity index (χ0n) is 11.7. The maximum absolute atomic E-state index is 12.3. The number of rotatable bonds is 3. The van der Waals surface area contributed by atoms with Crippen LogP contribution in [-0.4, -0.2) is 25.2 Å². The summed E-state index contributed by atoms with van der Waals surface area (Å²) in [5.41, 5.74) is 6.97. The molecule has 0 aliphatic carbocycles. The summed E-state index contributed by atoms with van der Waals surface area (Å²) in [4.78, 5) is 12.3. The van der Waals surface area contributed by atoms with Gasteiger partial charge in [0.05, 0.1) is 18.6 Å². The molecule has 1 aliphatic heterocycles. The Labute approximate surface area is 119 Å². The van der Waals surface area contributed by atoms with Crippen LogP contribution in [0.15, 0.2) is 24.3 Å². The van der Waals surface area contributed by atoms with Gasteiger partial charge in [-0.05, 0) is 31.0 Å². The first-order chi connectivity index (χ1) is 9.74. The van der Waals surface area contributed by atoms with Crippen LogP contribution in [-0.2, 0) is 9.53 Å². The zero-order valence-corrected chi connectivity index (χ0v) is 11.7.